The number of halogens is 2. The van der Waals surface area contributed by atoms with Crippen molar-refractivity contribution in [3.63, 3.8) is 0 Å². The molecule has 2 saturated heterocycles. The van der Waals surface area contributed by atoms with Crippen LogP contribution in [0, 0.1) is 35.5 Å². The van der Waals surface area contributed by atoms with Gasteiger partial charge in [0, 0.05) is 13.2 Å². The first-order valence-electron chi connectivity index (χ1n) is 12.7. The highest BCUT2D eigenvalue weighted by molar-refractivity contribution is 5.51. The standard InChI is InChI=1S/C28H36F2O2/c1-13-5-17-9-21-23(27(17)31-11-13)19(7-15(3)25(21)29)20-8-16(4)26(30)22-10-18-6-14(2)12-32-28(18)24(20)22/h13-14,17-20,27-28H,5-12H2,1-4H3/t13?,14?,17?,18?,19-,20?,27?,28?/m1/s1. The van der Waals surface area contributed by atoms with Crippen molar-refractivity contribution in [1.29, 1.82) is 0 Å². The van der Waals surface area contributed by atoms with E-state index in [1.165, 1.54) is 11.1 Å². The van der Waals surface area contributed by atoms with Gasteiger partial charge in [-0.25, -0.2) is 8.78 Å². The van der Waals surface area contributed by atoms with Crippen molar-refractivity contribution in [2.24, 2.45) is 35.5 Å². The lowest BCUT2D eigenvalue weighted by atomic mass is 9.67. The van der Waals surface area contributed by atoms with E-state index in [4.69, 9.17) is 9.47 Å². The van der Waals surface area contributed by atoms with E-state index in [-0.39, 0.29) is 35.7 Å². The molecule has 2 fully saturated rings. The molecule has 2 nitrogen and oxygen atoms in total. The van der Waals surface area contributed by atoms with Crippen LogP contribution in [-0.2, 0) is 9.47 Å². The van der Waals surface area contributed by atoms with Crippen LogP contribution < -0.4 is 0 Å². The first kappa shape index (κ1) is 21.3. The van der Waals surface area contributed by atoms with E-state index >= 15 is 8.78 Å². The zero-order valence-corrected chi connectivity index (χ0v) is 19.8. The molecule has 0 N–H and O–H groups in total. The van der Waals surface area contributed by atoms with E-state index in [0.717, 1.165) is 74.0 Å². The molecule has 4 aliphatic carbocycles. The van der Waals surface area contributed by atoms with Gasteiger partial charge in [0.15, 0.2) is 0 Å². The highest BCUT2D eigenvalue weighted by Crippen LogP contribution is 2.58. The van der Waals surface area contributed by atoms with Gasteiger partial charge in [-0.2, -0.15) is 0 Å². The van der Waals surface area contributed by atoms with Crippen LogP contribution in [0.3, 0.4) is 0 Å². The molecule has 6 rings (SSSR count). The summed E-state index contributed by atoms with van der Waals surface area (Å²) in [7, 11) is 0. The van der Waals surface area contributed by atoms with E-state index in [0.29, 0.717) is 23.7 Å². The average Bonchev–Trinajstić information content (AvgIpc) is 3.31. The fourth-order valence-corrected chi connectivity index (χ4v) is 7.99. The SMILES string of the molecule is CC1=C(F)C2=C(C3OCC(C)CC3C2)C([C@H]2CC(C)=C(F)C3=C2C2OCC(C)CC2C3)C1. The quantitative estimate of drug-likeness (QED) is 0.435. The Morgan fingerprint density at radius 3 is 1.47 bits per heavy atom. The van der Waals surface area contributed by atoms with Gasteiger partial charge in [0.2, 0.25) is 0 Å². The fraction of sp³-hybridized carbons (Fsp3) is 0.714. The molecule has 4 heteroatoms. The van der Waals surface area contributed by atoms with Crippen molar-refractivity contribution in [3.8, 4) is 0 Å². The minimum Gasteiger partial charge on any atom is -0.373 e. The highest BCUT2D eigenvalue weighted by atomic mass is 19.1. The Morgan fingerprint density at radius 2 is 1.06 bits per heavy atom. The van der Waals surface area contributed by atoms with Crippen LogP contribution in [0.5, 0.6) is 0 Å². The van der Waals surface area contributed by atoms with Gasteiger partial charge in [-0.05, 0) is 121 Å². The summed E-state index contributed by atoms with van der Waals surface area (Å²) in [5, 5.41) is 0. The maximum Gasteiger partial charge on any atom is 0.125 e. The summed E-state index contributed by atoms with van der Waals surface area (Å²) in [5.74, 6) is 2.24. The molecule has 0 amide bonds. The van der Waals surface area contributed by atoms with Crippen LogP contribution in [0.2, 0.25) is 0 Å². The third-order valence-corrected chi connectivity index (χ3v) is 9.25. The number of rotatable bonds is 1. The largest absolute Gasteiger partial charge is 0.373 e. The zero-order valence-electron chi connectivity index (χ0n) is 19.8. The predicted molar refractivity (Wildman–Crippen MR) is 121 cm³/mol. The molecular formula is C28H36F2O2. The molecule has 0 bridgehead atoms. The summed E-state index contributed by atoms with van der Waals surface area (Å²) >= 11 is 0. The Labute approximate surface area is 190 Å². The maximum atomic E-state index is 15.4. The zero-order chi connectivity index (χ0) is 22.3. The van der Waals surface area contributed by atoms with E-state index in [1.807, 2.05) is 13.8 Å². The average molecular weight is 443 g/mol. The van der Waals surface area contributed by atoms with Crippen molar-refractivity contribution in [2.45, 2.75) is 78.4 Å². The smallest absolute Gasteiger partial charge is 0.125 e. The van der Waals surface area contributed by atoms with E-state index < -0.39 is 0 Å². The molecule has 0 aromatic rings. The molecule has 0 saturated carbocycles. The van der Waals surface area contributed by atoms with Crippen LogP contribution >= 0.6 is 0 Å². The molecule has 174 valence electrons. The maximum absolute atomic E-state index is 15.4. The van der Waals surface area contributed by atoms with Gasteiger partial charge in [0.05, 0.1) is 12.2 Å². The minimum absolute atomic E-state index is 0.0115. The fourth-order valence-electron chi connectivity index (χ4n) is 7.99. The lowest BCUT2D eigenvalue weighted by molar-refractivity contribution is -0.0345. The van der Waals surface area contributed by atoms with Gasteiger partial charge in [-0.1, -0.05) is 13.8 Å². The highest BCUT2D eigenvalue weighted by Gasteiger charge is 2.52. The molecule has 0 spiro atoms. The number of ether oxygens (including phenoxy) is 2. The van der Waals surface area contributed by atoms with Crippen LogP contribution in [-0.4, -0.2) is 25.4 Å². The van der Waals surface area contributed by atoms with E-state index in [9.17, 15) is 0 Å². The van der Waals surface area contributed by atoms with Gasteiger partial charge in [-0.3, -0.25) is 0 Å². The second kappa shape index (κ2) is 7.63. The van der Waals surface area contributed by atoms with E-state index in [1.54, 1.807) is 0 Å². The summed E-state index contributed by atoms with van der Waals surface area (Å²) in [6.07, 6.45) is 5.32. The summed E-state index contributed by atoms with van der Waals surface area (Å²) in [6, 6.07) is 0. The van der Waals surface area contributed by atoms with Crippen molar-refractivity contribution in [3.05, 3.63) is 45.1 Å². The Kier molecular flexibility index (Phi) is 5.08. The molecule has 32 heavy (non-hydrogen) atoms. The normalized spacial score (nSPS) is 44.1. The summed E-state index contributed by atoms with van der Waals surface area (Å²) in [5.41, 5.74) is 6.00. The van der Waals surface area contributed by atoms with Gasteiger partial charge < -0.3 is 9.47 Å². The van der Waals surface area contributed by atoms with Crippen LogP contribution in [0.15, 0.2) is 45.1 Å². The molecule has 2 heterocycles. The van der Waals surface area contributed by atoms with Crippen molar-refractivity contribution in [1.82, 2.24) is 0 Å². The van der Waals surface area contributed by atoms with Crippen LogP contribution in [0.1, 0.15) is 66.2 Å². The molecular weight excluding hydrogens is 406 g/mol. The number of hydrogen-bond donors (Lipinski definition) is 0. The third kappa shape index (κ3) is 3.08. The van der Waals surface area contributed by atoms with E-state index in [2.05, 4.69) is 13.8 Å². The topological polar surface area (TPSA) is 18.5 Å². The molecule has 0 aromatic carbocycles. The number of hydrogen-bond acceptors (Lipinski definition) is 2. The number of allylic oxidation sites excluding steroid dienone is 6. The Balaban J connectivity index is 1.41. The Bertz CT molecular complexity index is 892. The van der Waals surface area contributed by atoms with Crippen LogP contribution in [0.25, 0.3) is 0 Å². The molecule has 2 aliphatic heterocycles. The monoisotopic (exact) mass is 442 g/mol. The summed E-state index contributed by atoms with van der Waals surface area (Å²) in [4.78, 5) is 0. The first-order chi connectivity index (χ1) is 15.3. The first-order valence-corrected chi connectivity index (χ1v) is 12.7. The summed E-state index contributed by atoms with van der Waals surface area (Å²) in [6.45, 7) is 9.89. The summed E-state index contributed by atoms with van der Waals surface area (Å²) < 4.78 is 43.6. The Hall–Kier alpha value is -1.26. The number of fused-ring (bicyclic) bond motifs is 4. The lowest BCUT2D eigenvalue weighted by Crippen LogP contribution is -2.39. The molecule has 0 aromatic heterocycles. The molecule has 0 radical (unpaired) electrons. The van der Waals surface area contributed by atoms with Crippen LogP contribution in [0.4, 0.5) is 8.78 Å². The molecule has 6 aliphatic rings. The molecule has 7 unspecified atom stereocenters. The van der Waals surface area contributed by atoms with Gasteiger partial charge in [0.25, 0.3) is 0 Å². The molecule has 8 atom stereocenters. The minimum atomic E-state index is 0.0115. The third-order valence-electron chi connectivity index (χ3n) is 9.25. The van der Waals surface area contributed by atoms with Crippen molar-refractivity contribution < 1.29 is 18.3 Å². The predicted octanol–water partition coefficient (Wildman–Crippen LogP) is 7.00. The van der Waals surface area contributed by atoms with Crippen molar-refractivity contribution in [2.75, 3.05) is 13.2 Å². The second-order valence-corrected chi connectivity index (χ2v) is 11.8. The second-order valence-electron chi connectivity index (χ2n) is 11.8. The van der Waals surface area contributed by atoms with Gasteiger partial charge in [-0.15, -0.1) is 0 Å². The lowest BCUT2D eigenvalue weighted by Gasteiger charge is -2.42. The Morgan fingerprint density at radius 1 is 0.656 bits per heavy atom. The van der Waals surface area contributed by atoms with Gasteiger partial charge in [0.1, 0.15) is 11.7 Å². The van der Waals surface area contributed by atoms with Crippen molar-refractivity contribution >= 4 is 0 Å². The van der Waals surface area contributed by atoms with Gasteiger partial charge >= 0.3 is 0 Å².